The molecule has 0 spiro atoms. The van der Waals surface area contributed by atoms with Crippen LogP contribution in [-0.2, 0) is 18.3 Å². The van der Waals surface area contributed by atoms with E-state index in [1.165, 1.54) is 32.1 Å². The Kier molecular flexibility index (Phi) is 4.56. The highest BCUT2D eigenvalue weighted by atomic mass is 16.1. The Morgan fingerprint density at radius 2 is 1.89 bits per heavy atom. The van der Waals surface area contributed by atoms with Gasteiger partial charge in [0.2, 0.25) is 0 Å². The molecule has 0 bridgehead atoms. The first-order valence-corrected chi connectivity index (χ1v) is 7.19. The lowest BCUT2D eigenvalue weighted by molar-refractivity contribution is -0.122. The Bertz CT molecular complexity index is 401. The minimum Gasteiger partial charge on any atom is -0.299 e. The van der Waals surface area contributed by atoms with Crippen molar-refractivity contribution in [2.45, 2.75) is 58.3 Å². The number of carbonyl (C=O) groups is 1. The van der Waals surface area contributed by atoms with Crippen molar-refractivity contribution in [1.29, 1.82) is 0 Å². The molecule has 0 radical (unpaired) electrons. The molecule has 1 aliphatic rings. The Morgan fingerprint density at radius 1 is 1.28 bits per heavy atom. The maximum atomic E-state index is 12.4. The van der Waals surface area contributed by atoms with Crippen LogP contribution >= 0.6 is 0 Å². The van der Waals surface area contributed by atoms with Crippen molar-refractivity contribution in [1.82, 2.24) is 9.78 Å². The van der Waals surface area contributed by atoms with Gasteiger partial charge in [-0.05, 0) is 25.8 Å². The lowest BCUT2D eigenvalue weighted by Gasteiger charge is -2.18. The first-order valence-electron chi connectivity index (χ1n) is 7.19. The molecule has 3 heteroatoms. The molecule has 18 heavy (non-hydrogen) atoms. The average molecular weight is 248 g/mol. The van der Waals surface area contributed by atoms with Gasteiger partial charge < -0.3 is 0 Å². The standard InChI is InChI=1S/C15H24N2O/c1-12-10-14(17(2)16-12)11-15(18)13-8-6-4-3-5-7-9-13/h10,13H,3-9,11H2,1-2H3. The summed E-state index contributed by atoms with van der Waals surface area (Å²) in [6, 6.07) is 2.03. The fraction of sp³-hybridized carbons (Fsp3) is 0.733. The Labute approximate surface area is 110 Å². The van der Waals surface area contributed by atoms with Crippen molar-refractivity contribution in [2.75, 3.05) is 0 Å². The Hall–Kier alpha value is -1.12. The van der Waals surface area contributed by atoms with E-state index in [0.29, 0.717) is 18.1 Å². The van der Waals surface area contributed by atoms with Crippen molar-refractivity contribution in [3.05, 3.63) is 17.5 Å². The van der Waals surface area contributed by atoms with Crippen LogP contribution in [0.1, 0.15) is 56.3 Å². The lowest BCUT2D eigenvalue weighted by atomic mass is 9.86. The van der Waals surface area contributed by atoms with Crippen LogP contribution in [0.2, 0.25) is 0 Å². The van der Waals surface area contributed by atoms with Crippen LogP contribution in [0.4, 0.5) is 0 Å². The van der Waals surface area contributed by atoms with Crippen molar-refractivity contribution >= 4 is 5.78 Å². The van der Waals surface area contributed by atoms with Crippen LogP contribution in [0.3, 0.4) is 0 Å². The number of aryl methyl sites for hydroxylation is 2. The van der Waals surface area contributed by atoms with Gasteiger partial charge in [0.05, 0.1) is 5.69 Å². The molecule has 2 rings (SSSR count). The van der Waals surface area contributed by atoms with Gasteiger partial charge >= 0.3 is 0 Å². The zero-order valence-electron chi connectivity index (χ0n) is 11.6. The van der Waals surface area contributed by atoms with Crippen molar-refractivity contribution in [3.63, 3.8) is 0 Å². The van der Waals surface area contributed by atoms with E-state index in [0.717, 1.165) is 24.2 Å². The van der Waals surface area contributed by atoms with E-state index in [2.05, 4.69) is 5.10 Å². The highest BCUT2D eigenvalue weighted by Gasteiger charge is 2.20. The summed E-state index contributed by atoms with van der Waals surface area (Å²) in [4.78, 5) is 12.4. The topological polar surface area (TPSA) is 34.9 Å². The molecule has 0 aromatic carbocycles. The summed E-state index contributed by atoms with van der Waals surface area (Å²) in [5.74, 6) is 0.709. The van der Waals surface area contributed by atoms with E-state index in [1.54, 1.807) is 0 Å². The second kappa shape index (κ2) is 6.17. The minimum absolute atomic E-state index is 0.292. The summed E-state index contributed by atoms with van der Waals surface area (Å²) in [6.07, 6.45) is 9.14. The molecule has 1 heterocycles. The first-order chi connectivity index (χ1) is 8.66. The molecule has 0 atom stereocenters. The van der Waals surface area contributed by atoms with Gasteiger partial charge in [0.15, 0.2) is 0 Å². The second-order valence-corrected chi connectivity index (χ2v) is 5.59. The maximum Gasteiger partial charge on any atom is 0.141 e. The maximum absolute atomic E-state index is 12.4. The van der Waals surface area contributed by atoms with E-state index in [4.69, 9.17) is 0 Å². The van der Waals surface area contributed by atoms with Gasteiger partial charge in [0, 0.05) is 25.1 Å². The van der Waals surface area contributed by atoms with E-state index in [1.807, 2.05) is 24.7 Å². The molecule has 0 N–H and O–H groups in total. The second-order valence-electron chi connectivity index (χ2n) is 5.59. The molecule has 1 aromatic heterocycles. The highest BCUT2D eigenvalue weighted by Crippen LogP contribution is 2.24. The number of hydrogen-bond donors (Lipinski definition) is 0. The molecule has 0 amide bonds. The molecular weight excluding hydrogens is 224 g/mol. The van der Waals surface area contributed by atoms with E-state index in [9.17, 15) is 4.79 Å². The average Bonchev–Trinajstić information content (AvgIpc) is 2.56. The van der Waals surface area contributed by atoms with Gasteiger partial charge in [0.1, 0.15) is 5.78 Å². The minimum atomic E-state index is 0.292. The smallest absolute Gasteiger partial charge is 0.141 e. The van der Waals surface area contributed by atoms with Gasteiger partial charge in [-0.15, -0.1) is 0 Å². The van der Waals surface area contributed by atoms with Crippen LogP contribution in [0.15, 0.2) is 6.07 Å². The molecule has 0 aliphatic heterocycles. The van der Waals surface area contributed by atoms with Crippen LogP contribution in [-0.4, -0.2) is 15.6 Å². The van der Waals surface area contributed by atoms with Crippen LogP contribution in [0, 0.1) is 12.8 Å². The predicted molar refractivity (Wildman–Crippen MR) is 72.5 cm³/mol. The van der Waals surface area contributed by atoms with Crippen molar-refractivity contribution in [2.24, 2.45) is 13.0 Å². The largest absolute Gasteiger partial charge is 0.299 e. The number of hydrogen-bond acceptors (Lipinski definition) is 2. The fourth-order valence-corrected chi connectivity index (χ4v) is 2.93. The fourth-order valence-electron chi connectivity index (χ4n) is 2.93. The first kappa shape index (κ1) is 13.3. The SMILES string of the molecule is Cc1cc(CC(=O)C2CCCCCCC2)n(C)n1. The lowest BCUT2D eigenvalue weighted by Crippen LogP contribution is -2.19. The monoisotopic (exact) mass is 248 g/mol. The Balaban J connectivity index is 1.95. The van der Waals surface area contributed by atoms with Gasteiger partial charge in [-0.3, -0.25) is 9.48 Å². The van der Waals surface area contributed by atoms with Crippen LogP contribution < -0.4 is 0 Å². The molecule has 1 aliphatic carbocycles. The molecule has 0 saturated heterocycles. The third-order valence-electron chi connectivity index (χ3n) is 4.01. The summed E-state index contributed by atoms with van der Waals surface area (Å²) in [5.41, 5.74) is 2.05. The Morgan fingerprint density at radius 3 is 2.44 bits per heavy atom. The summed E-state index contributed by atoms with van der Waals surface area (Å²) < 4.78 is 1.84. The van der Waals surface area contributed by atoms with Crippen LogP contribution in [0.25, 0.3) is 0 Å². The number of carbonyl (C=O) groups excluding carboxylic acids is 1. The van der Waals surface area contributed by atoms with E-state index in [-0.39, 0.29) is 0 Å². The summed E-state index contributed by atoms with van der Waals surface area (Å²) in [6.45, 7) is 1.98. The molecular formula is C15H24N2O. The molecule has 1 saturated carbocycles. The van der Waals surface area contributed by atoms with Crippen molar-refractivity contribution in [3.8, 4) is 0 Å². The predicted octanol–water partition coefficient (Wildman–Crippen LogP) is 3.20. The normalized spacial score (nSPS) is 18.3. The molecule has 1 fully saturated rings. The van der Waals surface area contributed by atoms with Gasteiger partial charge in [-0.25, -0.2) is 0 Å². The number of ketones is 1. The quantitative estimate of drug-likeness (QED) is 0.823. The van der Waals surface area contributed by atoms with Gasteiger partial charge in [-0.2, -0.15) is 5.10 Å². The van der Waals surface area contributed by atoms with Crippen molar-refractivity contribution < 1.29 is 4.79 Å². The molecule has 100 valence electrons. The third-order valence-corrected chi connectivity index (χ3v) is 4.01. The van der Waals surface area contributed by atoms with Gasteiger partial charge in [-0.1, -0.05) is 32.1 Å². The number of Topliss-reactive ketones (excluding diaryl/α,β-unsaturated/α-hetero) is 1. The van der Waals surface area contributed by atoms with E-state index < -0.39 is 0 Å². The summed E-state index contributed by atoms with van der Waals surface area (Å²) in [5, 5.41) is 4.31. The van der Waals surface area contributed by atoms with Gasteiger partial charge in [0.25, 0.3) is 0 Å². The molecule has 1 aromatic rings. The summed E-state index contributed by atoms with van der Waals surface area (Å²) >= 11 is 0. The van der Waals surface area contributed by atoms with Crippen LogP contribution in [0.5, 0.6) is 0 Å². The zero-order valence-corrected chi connectivity index (χ0v) is 11.6. The highest BCUT2D eigenvalue weighted by molar-refractivity contribution is 5.82. The molecule has 0 unspecified atom stereocenters. The number of rotatable bonds is 3. The third kappa shape index (κ3) is 3.44. The van der Waals surface area contributed by atoms with E-state index >= 15 is 0 Å². The zero-order chi connectivity index (χ0) is 13.0. The summed E-state index contributed by atoms with van der Waals surface area (Å²) in [7, 11) is 1.92. The number of nitrogens with zero attached hydrogens (tertiary/aromatic N) is 2. The number of aromatic nitrogens is 2. The molecule has 3 nitrogen and oxygen atoms in total.